The van der Waals surface area contributed by atoms with Crippen molar-refractivity contribution in [3.63, 3.8) is 0 Å². The number of benzene rings is 2. The number of nitrogens with zero attached hydrogens (tertiary/aromatic N) is 5. The Morgan fingerprint density at radius 2 is 1.94 bits per heavy atom. The molecule has 0 amide bonds. The maximum absolute atomic E-state index is 13.1. The molecule has 0 saturated heterocycles. The molecule has 0 fully saturated rings. The van der Waals surface area contributed by atoms with Crippen LogP contribution in [0.25, 0.3) is 38.8 Å². The van der Waals surface area contributed by atoms with E-state index in [9.17, 15) is 14.9 Å². The van der Waals surface area contributed by atoms with Gasteiger partial charge in [0.1, 0.15) is 11.5 Å². The van der Waals surface area contributed by atoms with Gasteiger partial charge < -0.3 is 0 Å². The van der Waals surface area contributed by atoms with E-state index < -0.39 is 4.92 Å². The second kappa shape index (κ2) is 7.89. The first-order chi connectivity index (χ1) is 16.6. The smallest absolute Gasteiger partial charge is 0.270 e. The summed E-state index contributed by atoms with van der Waals surface area (Å²) in [5, 5.41) is 18.3. The summed E-state index contributed by atoms with van der Waals surface area (Å²) >= 11 is 1.62. The van der Waals surface area contributed by atoms with Gasteiger partial charge in [0.2, 0.25) is 0 Å². The van der Waals surface area contributed by atoms with Gasteiger partial charge in [-0.2, -0.15) is 5.10 Å². The molecule has 5 aromatic rings. The molecule has 2 aromatic carbocycles. The standard InChI is InChI=1S/C25H17N5O3S/c31-25-20-14-19(30(32)33)8-9-21(20)26-24-16(10-11-28(24)25)13-17-15-29(18-5-2-1-3-6-18)27-23(17)22-7-4-12-34-22/h1-9,12-15H,10-11H2. The number of aromatic nitrogens is 4. The highest BCUT2D eigenvalue weighted by molar-refractivity contribution is 7.13. The maximum Gasteiger partial charge on any atom is 0.270 e. The number of allylic oxidation sites excluding steroid dienone is 1. The van der Waals surface area contributed by atoms with Crippen molar-refractivity contribution >= 4 is 39.6 Å². The Bertz CT molecular complexity index is 1650. The zero-order valence-electron chi connectivity index (χ0n) is 17.8. The Balaban J connectivity index is 1.50. The van der Waals surface area contributed by atoms with Crippen LogP contribution in [0.15, 0.2) is 77.0 Å². The van der Waals surface area contributed by atoms with Crippen molar-refractivity contribution in [1.82, 2.24) is 19.3 Å². The van der Waals surface area contributed by atoms with Gasteiger partial charge in [0, 0.05) is 30.4 Å². The molecule has 0 radical (unpaired) electrons. The quantitative estimate of drug-likeness (QED) is 0.269. The molecule has 0 atom stereocenters. The summed E-state index contributed by atoms with van der Waals surface area (Å²) in [7, 11) is 0. The molecule has 0 N–H and O–H groups in total. The first-order valence-electron chi connectivity index (χ1n) is 10.7. The summed E-state index contributed by atoms with van der Waals surface area (Å²) in [6.45, 7) is 0.479. The van der Waals surface area contributed by atoms with E-state index in [0.29, 0.717) is 24.3 Å². The predicted molar refractivity (Wildman–Crippen MR) is 132 cm³/mol. The summed E-state index contributed by atoms with van der Waals surface area (Å²) in [6.07, 6.45) is 4.67. The number of para-hydroxylation sites is 1. The normalized spacial score (nSPS) is 14.1. The van der Waals surface area contributed by atoms with E-state index in [1.54, 1.807) is 15.9 Å². The van der Waals surface area contributed by atoms with Crippen molar-refractivity contribution in [3.05, 3.63) is 104 Å². The minimum absolute atomic E-state index is 0.116. The summed E-state index contributed by atoms with van der Waals surface area (Å²) in [6, 6.07) is 18.2. The highest BCUT2D eigenvalue weighted by Crippen LogP contribution is 2.33. The van der Waals surface area contributed by atoms with E-state index in [4.69, 9.17) is 10.1 Å². The first-order valence-corrected chi connectivity index (χ1v) is 11.6. The number of non-ortho nitro benzene ring substituents is 1. The molecule has 8 nitrogen and oxygen atoms in total. The fourth-order valence-electron chi connectivity index (χ4n) is 4.25. The average Bonchev–Trinajstić information content (AvgIpc) is 3.60. The third-order valence-electron chi connectivity index (χ3n) is 5.89. The van der Waals surface area contributed by atoms with Gasteiger partial charge in [0.15, 0.2) is 0 Å². The molecule has 6 rings (SSSR count). The molecular weight excluding hydrogens is 450 g/mol. The fourth-order valence-corrected chi connectivity index (χ4v) is 4.99. The minimum atomic E-state index is -0.501. The fraction of sp³-hybridized carbons (Fsp3) is 0.0800. The number of thiophene rings is 1. The topological polar surface area (TPSA) is 95.9 Å². The van der Waals surface area contributed by atoms with E-state index in [0.717, 1.165) is 27.4 Å². The van der Waals surface area contributed by atoms with Crippen LogP contribution in [-0.4, -0.2) is 24.3 Å². The monoisotopic (exact) mass is 467 g/mol. The van der Waals surface area contributed by atoms with Gasteiger partial charge in [-0.15, -0.1) is 11.3 Å². The van der Waals surface area contributed by atoms with Crippen LogP contribution < -0.4 is 5.56 Å². The number of nitro benzene ring substituents is 1. The molecule has 0 unspecified atom stereocenters. The van der Waals surface area contributed by atoms with Crippen LogP contribution >= 0.6 is 11.3 Å². The molecule has 0 saturated carbocycles. The van der Waals surface area contributed by atoms with Crippen LogP contribution in [0.1, 0.15) is 17.8 Å². The van der Waals surface area contributed by atoms with Gasteiger partial charge in [0.25, 0.3) is 11.2 Å². The third-order valence-corrected chi connectivity index (χ3v) is 6.76. The Morgan fingerprint density at radius 3 is 2.71 bits per heavy atom. The van der Waals surface area contributed by atoms with Crippen molar-refractivity contribution < 1.29 is 4.92 Å². The second-order valence-electron chi connectivity index (χ2n) is 7.96. The van der Waals surface area contributed by atoms with Gasteiger partial charge in [-0.1, -0.05) is 24.3 Å². The van der Waals surface area contributed by atoms with E-state index in [-0.39, 0.29) is 16.6 Å². The van der Waals surface area contributed by atoms with Gasteiger partial charge in [0.05, 0.1) is 26.4 Å². The number of nitro groups is 1. The molecule has 4 heterocycles. The Morgan fingerprint density at radius 1 is 1.09 bits per heavy atom. The zero-order valence-corrected chi connectivity index (χ0v) is 18.6. The zero-order chi connectivity index (χ0) is 23.2. The van der Waals surface area contributed by atoms with Crippen LogP contribution in [0.2, 0.25) is 0 Å². The van der Waals surface area contributed by atoms with Gasteiger partial charge in [-0.05, 0) is 47.7 Å². The molecule has 166 valence electrons. The molecule has 1 aliphatic rings. The van der Waals surface area contributed by atoms with Crippen LogP contribution in [0.5, 0.6) is 0 Å². The van der Waals surface area contributed by atoms with Crippen LogP contribution in [0.4, 0.5) is 5.69 Å². The van der Waals surface area contributed by atoms with Crippen molar-refractivity contribution in [1.29, 1.82) is 0 Å². The first kappa shape index (κ1) is 20.3. The molecule has 0 spiro atoms. The summed E-state index contributed by atoms with van der Waals surface area (Å²) < 4.78 is 3.46. The predicted octanol–water partition coefficient (Wildman–Crippen LogP) is 5.16. The van der Waals surface area contributed by atoms with Gasteiger partial charge >= 0.3 is 0 Å². The molecule has 0 aliphatic carbocycles. The van der Waals surface area contributed by atoms with Crippen molar-refractivity contribution in [2.75, 3.05) is 0 Å². The van der Waals surface area contributed by atoms with Crippen molar-refractivity contribution in [2.24, 2.45) is 0 Å². The van der Waals surface area contributed by atoms with E-state index >= 15 is 0 Å². The number of hydrogen-bond acceptors (Lipinski definition) is 6. The third kappa shape index (κ3) is 3.34. The number of rotatable bonds is 4. The maximum atomic E-state index is 13.1. The second-order valence-corrected chi connectivity index (χ2v) is 8.91. The highest BCUT2D eigenvalue weighted by atomic mass is 32.1. The lowest BCUT2D eigenvalue weighted by atomic mass is 10.1. The van der Waals surface area contributed by atoms with Crippen molar-refractivity contribution in [3.8, 4) is 16.3 Å². The lowest BCUT2D eigenvalue weighted by Gasteiger charge is -2.05. The van der Waals surface area contributed by atoms with E-state index in [2.05, 4.69) is 0 Å². The molecule has 9 heteroatoms. The molecule has 0 bridgehead atoms. The minimum Gasteiger partial charge on any atom is -0.292 e. The van der Waals surface area contributed by atoms with Crippen LogP contribution in [0.3, 0.4) is 0 Å². The summed E-state index contributed by atoms with van der Waals surface area (Å²) in [4.78, 5) is 29.5. The lowest BCUT2D eigenvalue weighted by Crippen LogP contribution is -2.20. The highest BCUT2D eigenvalue weighted by Gasteiger charge is 2.23. The van der Waals surface area contributed by atoms with E-state index in [1.165, 1.54) is 18.2 Å². The molecule has 3 aromatic heterocycles. The van der Waals surface area contributed by atoms with Crippen LogP contribution in [-0.2, 0) is 6.54 Å². The SMILES string of the molecule is O=c1c2cc([N+](=O)[O-])ccc2nc2n1CCC2=Cc1cn(-c2ccccc2)nc1-c1cccs1. The molecule has 34 heavy (non-hydrogen) atoms. The average molecular weight is 468 g/mol. The number of hydrogen-bond donors (Lipinski definition) is 0. The van der Waals surface area contributed by atoms with Crippen molar-refractivity contribution in [2.45, 2.75) is 13.0 Å². The number of fused-ring (bicyclic) bond motifs is 2. The van der Waals surface area contributed by atoms with E-state index in [1.807, 2.05) is 64.8 Å². The van der Waals surface area contributed by atoms with Crippen LogP contribution in [0, 0.1) is 10.1 Å². The largest absolute Gasteiger partial charge is 0.292 e. The molecular formula is C25H17N5O3S. The summed E-state index contributed by atoms with van der Waals surface area (Å²) in [5.74, 6) is 0.593. The summed E-state index contributed by atoms with van der Waals surface area (Å²) in [5.41, 5.74) is 3.77. The lowest BCUT2D eigenvalue weighted by molar-refractivity contribution is -0.384. The Hall–Kier alpha value is -4.37. The van der Waals surface area contributed by atoms with Gasteiger partial charge in [-0.3, -0.25) is 19.5 Å². The van der Waals surface area contributed by atoms with Gasteiger partial charge in [-0.25, -0.2) is 9.67 Å². The Kier molecular flexibility index (Phi) is 4.70. The Labute approximate surface area is 197 Å². The molecule has 1 aliphatic heterocycles.